The van der Waals surface area contributed by atoms with Gasteiger partial charge in [-0.2, -0.15) is 0 Å². The van der Waals surface area contributed by atoms with Crippen molar-refractivity contribution >= 4 is 11.6 Å². The van der Waals surface area contributed by atoms with Gasteiger partial charge in [-0.15, -0.1) is 11.6 Å². The molecule has 0 amide bonds. The zero-order chi connectivity index (χ0) is 12.3. The van der Waals surface area contributed by atoms with Crippen LogP contribution in [-0.2, 0) is 0 Å². The van der Waals surface area contributed by atoms with Crippen LogP contribution in [0.25, 0.3) is 0 Å². The molecule has 0 heterocycles. The highest BCUT2D eigenvalue weighted by atomic mass is 35.5. The lowest BCUT2D eigenvalue weighted by Gasteiger charge is -2.29. The second-order valence-corrected chi connectivity index (χ2v) is 6.05. The fourth-order valence-electron chi connectivity index (χ4n) is 1.47. The molecule has 0 spiro atoms. The number of benzene rings is 1. The predicted octanol–water partition coefficient (Wildman–Crippen LogP) is 5.18. The van der Waals surface area contributed by atoms with Crippen LogP contribution in [0.15, 0.2) is 24.3 Å². The van der Waals surface area contributed by atoms with Crippen LogP contribution >= 0.6 is 11.6 Å². The Bertz CT molecular complexity index is 324. The average molecular weight is 243 g/mol. The van der Waals surface area contributed by atoms with Gasteiger partial charge in [-0.05, 0) is 35.4 Å². The first kappa shape index (κ1) is 13.5. The first-order valence-electron chi connectivity index (χ1n) is 5.70. The van der Waals surface area contributed by atoms with Gasteiger partial charge >= 0.3 is 0 Å². The topological polar surface area (TPSA) is 0 Å². The highest BCUT2D eigenvalue weighted by Gasteiger charge is 2.23. The number of hydrogen-bond donors (Lipinski definition) is 0. The Morgan fingerprint density at radius 1 is 1.19 bits per heavy atom. The van der Waals surface area contributed by atoms with Crippen LogP contribution in [0.1, 0.15) is 45.1 Å². The molecular formula is C14H20ClF. The monoisotopic (exact) mass is 242 g/mol. The average Bonchev–Trinajstić information content (AvgIpc) is 2.17. The quantitative estimate of drug-likeness (QED) is 0.641. The van der Waals surface area contributed by atoms with E-state index in [1.807, 2.05) is 0 Å². The minimum absolute atomic E-state index is 0.0326. The number of hydrogen-bond acceptors (Lipinski definition) is 0. The fraction of sp³-hybridized carbons (Fsp3) is 0.571. The van der Waals surface area contributed by atoms with Gasteiger partial charge in [0.05, 0.1) is 5.38 Å². The van der Waals surface area contributed by atoms with Gasteiger partial charge in [0.2, 0.25) is 0 Å². The summed E-state index contributed by atoms with van der Waals surface area (Å²) in [6.45, 7) is 8.85. The van der Waals surface area contributed by atoms with E-state index in [2.05, 4.69) is 27.7 Å². The lowest BCUT2D eigenvalue weighted by atomic mass is 9.79. The predicted molar refractivity (Wildman–Crippen MR) is 68.2 cm³/mol. The van der Waals surface area contributed by atoms with E-state index in [1.165, 1.54) is 12.1 Å². The van der Waals surface area contributed by atoms with Crippen molar-refractivity contribution in [1.29, 1.82) is 0 Å². The van der Waals surface area contributed by atoms with Gasteiger partial charge in [0.15, 0.2) is 0 Å². The van der Waals surface area contributed by atoms with Crippen LogP contribution in [0.5, 0.6) is 0 Å². The molecule has 0 saturated carbocycles. The van der Waals surface area contributed by atoms with E-state index in [1.54, 1.807) is 12.1 Å². The van der Waals surface area contributed by atoms with Crippen LogP contribution in [-0.4, -0.2) is 0 Å². The summed E-state index contributed by atoms with van der Waals surface area (Å²) in [5.74, 6) is 0.316. The van der Waals surface area contributed by atoms with Crippen molar-refractivity contribution in [3.8, 4) is 0 Å². The van der Waals surface area contributed by atoms with E-state index < -0.39 is 0 Å². The molecule has 0 aliphatic rings. The zero-order valence-corrected chi connectivity index (χ0v) is 11.2. The maximum Gasteiger partial charge on any atom is 0.123 e. The summed E-state index contributed by atoms with van der Waals surface area (Å²) in [6, 6.07) is 6.46. The first-order valence-corrected chi connectivity index (χ1v) is 6.14. The molecule has 0 fully saturated rings. The first-order chi connectivity index (χ1) is 7.30. The van der Waals surface area contributed by atoms with Crippen LogP contribution < -0.4 is 0 Å². The Morgan fingerprint density at radius 2 is 1.69 bits per heavy atom. The summed E-state index contributed by atoms with van der Waals surface area (Å²) in [4.78, 5) is 0. The summed E-state index contributed by atoms with van der Waals surface area (Å²) >= 11 is 6.34. The highest BCUT2D eigenvalue weighted by molar-refractivity contribution is 6.20. The minimum atomic E-state index is -0.212. The third kappa shape index (κ3) is 3.79. The molecule has 0 aromatic heterocycles. The molecule has 0 radical (unpaired) electrons. The van der Waals surface area contributed by atoms with Gasteiger partial charge in [0.25, 0.3) is 0 Å². The zero-order valence-electron chi connectivity index (χ0n) is 10.4. The summed E-state index contributed by atoms with van der Waals surface area (Å²) in [6.07, 6.45) is 0.913. The molecule has 2 unspecified atom stereocenters. The lowest BCUT2D eigenvalue weighted by molar-refractivity contribution is 0.245. The standard InChI is InChI=1S/C14H20ClF/c1-10(14(2,3)4)9-13(15)11-5-7-12(16)8-6-11/h5-8,10,13H,9H2,1-4H3. The Balaban J connectivity index is 2.65. The Kier molecular flexibility index (Phi) is 4.37. The Labute approximate surface area is 103 Å². The van der Waals surface area contributed by atoms with Crippen molar-refractivity contribution in [2.45, 2.75) is 39.5 Å². The van der Waals surface area contributed by atoms with Gasteiger partial charge in [0, 0.05) is 0 Å². The number of rotatable bonds is 3. The van der Waals surface area contributed by atoms with Gasteiger partial charge in [-0.3, -0.25) is 0 Å². The van der Waals surface area contributed by atoms with E-state index in [9.17, 15) is 4.39 Å². The molecule has 2 heteroatoms. The normalized spacial score (nSPS) is 15.9. The molecule has 1 aromatic carbocycles. The summed E-state index contributed by atoms with van der Waals surface area (Å²) in [5, 5.41) is -0.0326. The smallest absolute Gasteiger partial charge is 0.123 e. The molecular weight excluding hydrogens is 223 g/mol. The second-order valence-electron chi connectivity index (χ2n) is 5.52. The third-order valence-corrected chi connectivity index (χ3v) is 3.70. The largest absolute Gasteiger partial charge is 0.207 e. The fourth-order valence-corrected chi connectivity index (χ4v) is 1.88. The molecule has 2 atom stereocenters. The molecule has 0 bridgehead atoms. The second kappa shape index (κ2) is 5.18. The van der Waals surface area contributed by atoms with E-state index >= 15 is 0 Å². The van der Waals surface area contributed by atoms with Gasteiger partial charge in [-0.25, -0.2) is 4.39 Å². The minimum Gasteiger partial charge on any atom is -0.207 e. The number of alkyl halides is 1. The van der Waals surface area contributed by atoms with Crippen LogP contribution in [0.4, 0.5) is 4.39 Å². The van der Waals surface area contributed by atoms with Crippen LogP contribution in [0.3, 0.4) is 0 Å². The Hall–Kier alpha value is -0.560. The highest BCUT2D eigenvalue weighted by Crippen LogP contribution is 2.36. The van der Waals surface area contributed by atoms with E-state index in [4.69, 9.17) is 11.6 Å². The van der Waals surface area contributed by atoms with Crippen molar-refractivity contribution in [3.63, 3.8) is 0 Å². The van der Waals surface area contributed by atoms with Crippen molar-refractivity contribution in [3.05, 3.63) is 35.6 Å². The molecule has 1 rings (SSSR count). The summed E-state index contributed by atoms with van der Waals surface area (Å²) in [7, 11) is 0. The van der Waals surface area contributed by atoms with Gasteiger partial charge in [-0.1, -0.05) is 39.8 Å². The van der Waals surface area contributed by atoms with Crippen molar-refractivity contribution < 1.29 is 4.39 Å². The number of halogens is 2. The maximum atomic E-state index is 12.8. The van der Waals surface area contributed by atoms with Crippen LogP contribution in [0.2, 0.25) is 0 Å². The molecule has 0 saturated heterocycles. The summed E-state index contributed by atoms with van der Waals surface area (Å²) in [5.41, 5.74) is 1.26. The van der Waals surface area contributed by atoms with E-state index in [-0.39, 0.29) is 16.6 Å². The van der Waals surface area contributed by atoms with Crippen molar-refractivity contribution in [2.75, 3.05) is 0 Å². The lowest BCUT2D eigenvalue weighted by Crippen LogP contribution is -2.18. The maximum absolute atomic E-state index is 12.8. The van der Waals surface area contributed by atoms with Crippen LogP contribution in [0, 0.1) is 17.2 Å². The molecule has 0 aliphatic carbocycles. The molecule has 0 N–H and O–H groups in total. The molecule has 0 aliphatic heterocycles. The Morgan fingerprint density at radius 3 is 2.12 bits per heavy atom. The van der Waals surface area contributed by atoms with Gasteiger partial charge < -0.3 is 0 Å². The van der Waals surface area contributed by atoms with Crippen molar-refractivity contribution in [2.24, 2.45) is 11.3 Å². The van der Waals surface area contributed by atoms with Crippen molar-refractivity contribution in [1.82, 2.24) is 0 Å². The van der Waals surface area contributed by atoms with E-state index in [0.29, 0.717) is 5.92 Å². The third-order valence-electron chi connectivity index (χ3n) is 3.27. The van der Waals surface area contributed by atoms with Gasteiger partial charge in [0.1, 0.15) is 5.82 Å². The molecule has 90 valence electrons. The molecule has 0 nitrogen and oxygen atoms in total. The SMILES string of the molecule is CC(CC(Cl)c1ccc(F)cc1)C(C)(C)C. The van der Waals surface area contributed by atoms with E-state index in [0.717, 1.165) is 12.0 Å². The molecule has 16 heavy (non-hydrogen) atoms. The molecule has 1 aromatic rings. The summed E-state index contributed by atoms with van der Waals surface area (Å²) < 4.78 is 12.8.